The Hall–Kier alpha value is -1.14. The molecule has 2 rings (SSSR count). The molecule has 1 aliphatic rings. The van der Waals surface area contributed by atoms with Crippen molar-refractivity contribution >= 4 is 15.7 Å². The summed E-state index contributed by atoms with van der Waals surface area (Å²) in [6.07, 6.45) is 5.71. The molecule has 0 spiro atoms. The van der Waals surface area contributed by atoms with Crippen LogP contribution < -0.4 is 10.0 Å². The molecule has 2 N–H and O–H groups in total. The van der Waals surface area contributed by atoms with Gasteiger partial charge < -0.3 is 5.32 Å². The summed E-state index contributed by atoms with van der Waals surface area (Å²) in [6, 6.07) is 1.69. The summed E-state index contributed by atoms with van der Waals surface area (Å²) in [6.45, 7) is 4.69. The first-order valence-corrected chi connectivity index (χ1v) is 7.67. The Morgan fingerprint density at radius 1 is 1.44 bits per heavy atom. The van der Waals surface area contributed by atoms with Gasteiger partial charge in [0.15, 0.2) is 0 Å². The van der Waals surface area contributed by atoms with E-state index in [1.165, 1.54) is 6.20 Å². The van der Waals surface area contributed by atoms with Gasteiger partial charge in [-0.15, -0.1) is 0 Å². The van der Waals surface area contributed by atoms with Gasteiger partial charge in [-0.1, -0.05) is 6.92 Å². The zero-order valence-corrected chi connectivity index (χ0v) is 11.5. The SMILES string of the molecule is CCCNc1ccncc1S(=O)(=O)NC1(C)CC1. The fourth-order valence-corrected chi connectivity index (χ4v) is 3.26. The molecule has 1 fully saturated rings. The average Bonchev–Trinajstić information content (AvgIpc) is 3.03. The van der Waals surface area contributed by atoms with Crippen molar-refractivity contribution in [2.75, 3.05) is 11.9 Å². The summed E-state index contributed by atoms with van der Waals surface area (Å²) >= 11 is 0. The van der Waals surface area contributed by atoms with E-state index >= 15 is 0 Å². The molecule has 0 saturated heterocycles. The van der Waals surface area contributed by atoms with Gasteiger partial charge in [0.25, 0.3) is 0 Å². The second-order valence-corrected chi connectivity index (χ2v) is 6.62. The average molecular weight is 269 g/mol. The zero-order chi connectivity index (χ0) is 13.2. The van der Waals surface area contributed by atoms with Gasteiger partial charge in [-0.3, -0.25) is 4.98 Å². The van der Waals surface area contributed by atoms with Gasteiger partial charge in [-0.25, -0.2) is 13.1 Å². The van der Waals surface area contributed by atoms with Crippen LogP contribution in [0.4, 0.5) is 5.69 Å². The van der Waals surface area contributed by atoms with Gasteiger partial charge >= 0.3 is 0 Å². The number of rotatable bonds is 6. The third-order valence-corrected chi connectivity index (χ3v) is 4.69. The lowest BCUT2D eigenvalue weighted by molar-refractivity contribution is 0.558. The number of aromatic nitrogens is 1. The van der Waals surface area contributed by atoms with E-state index in [4.69, 9.17) is 0 Å². The van der Waals surface area contributed by atoms with E-state index in [-0.39, 0.29) is 10.4 Å². The van der Waals surface area contributed by atoms with Crippen molar-refractivity contribution in [2.45, 2.75) is 43.5 Å². The number of hydrogen-bond acceptors (Lipinski definition) is 4. The molecule has 5 nitrogen and oxygen atoms in total. The minimum atomic E-state index is -3.49. The van der Waals surface area contributed by atoms with Crippen molar-refractivity contribution in [1.29, 1.82) is 0 Å². The van der Waals surface area contributed by atoms with Crippen molar-refractivity contribution in [3.8, 4) is 0 Å². The topological polar surface area (TPSA) is 71.1 Å². The Bertz CT molecular complexity index is 524. The van der Waals surface area contributed by atoms with Crippen LogP contribution >= 0.6 is 0 Å². The summed E-state index contributed by atoms with van der Waals surface area (Å²) in [4.78, 5) is 4.14. The van der Waals surface area contributed by atoms with Gasteiger partial charge in [0.1, 0.15) is 4.90 Å². The highest BCUT2D eigenvalue weighted by atomic mass is 32.2. The van der Waals surface area contributed by atoms with E-state index in [0.717, 1.165) is 25.8 Å². The first kappa shape index (κ1) is 13.3. The van der Waals surface area contributed by atoms with Crippen LogP contribution in [0.1, 0.15) is 33.1 Å². The fourth-order valence-electron chi connectivity index (χ4n) is 1.67. The third-order valence-electron chi connectivity index (χ3n) is 3.02. The molecule has 18 heavy (non-hydrogen) atoms. The summed E-state index contributed by atoms with van der Waals surface area (Å²) in [5.74, 6) is 0. The molecule has 1 aliphatic carbocycles. The highest BCUT2D eigenvalue weighted by molar-refractivity contribution is 7.89. The van der Waals surface area contributed by atoms with Crippen molar-refractivity contribution in [1.82, 2.24) is 9.71 Å². The molecule has 1 saturated carbocycles. The van der Waals surface area contributed by atoms with Crippen LogP contribution in [0.2, 0.25) is 0 Å². The second-order valence-electron chi connectivity index (χ2n) is 4.96. The van der Waals surface area contributed by atoms with Gasteiger partial charge in [-0.05, 0) is 32.3 Å². The van der Waals surface area contributed by atoms with E-state index in [1.54, 1.807) is 12.3 Å². The van der Waals surface area contributed by atoms with Crippen LogP contribution in [0, 0.1) is 0 Å². The van der Waals surface area contributed by atoms with Crippen LogP contribution in [0.3, 0.4) is 0 Å². The minimum absolute atomic E-state index is 0.228. The maximum Gasteiger partial charge on any atom is 0.244 e. The van der Waals surface area contributed by atoms with Gasteiger partial charge in [0.05, 0.1) is 5.69 Å². The monoisotopic (exact) mass is 269 g/mol. The number of sulfonamides is 1. The Morgan fingerprint density at radius 3 is 2.78 bits per heavy atom. The molecule has 0 atom stereocenters. The molecule has 0 bridgehead atoms. The summed E-state index contributed by atoms with van der Waals surface area (Å²) < 4.78 is 27.3. The lowest BCUT2D eigenvalue weighted by atomic mass is 10.4. The molecule has 1 aromatic heterocycles. The van der Waals surface area contributed by atoms with Crippen molar-refractivity contribution < 1.29 is 8.42 Å². The van der Waals surface area contributed by atoms with Crippen molar-refractivity contribution in [3.05, 3.63) is 18.5 Å². The van der Waals surface area contributed by atoms with Crippen LogP contribution in [-0.4, -0.2) is 25.5 Å². The number of hydrogen-bond donors (Lipinski definition) is 2. The Balaban J connectivity index is 2.25. The first-order chi connectivity index (χ1) is 8.47. The molecule has 0 amide bonds. The summed E-state index contributed by atoms with van der Waals surface area (Å²) in [5, 5.41) is 3.12. The van der Waals surface area contributed by atoms with E-state index in [0.29, 0.717) is 5.69 Å². The van der Waals surface area contributed by atoms with Gasteiger partial charge in [0.2, 0.25) is 10.0 Å². The van der Waals surface area contributed by atoms with E-state index < -0.39 is 10.0 Å². The molecular formula is C12H19N3O2S. The molecule has 100 valence electrons. The number of nitrogens with zero attached hydrogens (tertiary/aromatic N) is 1. The number of anilines is 1. The lowest BCUT2D eigenvalue weighted by Gasteiger charge is -2.15. The molecule has 1 aromatic rings. The van der Waals surface area contributed by atoms with Crippen LogP contribution in [0.5, 0.6) is 0 Å². The lowest BCUT2D eigenvalue weighted by Crippen LogP contribution is -2.34. The van der Waals surface area contributed by atoms with Crippen LogP contribution in [0.25, 0.3) is 0 Å². The Labute approximate surface area is 108 Å². The predicted octanol–water partition coefficient (Wildman–Crippen LogP) is 1.73. The molecule has 6 heteroatoms. The molecule has 0 unspecified atom stereocenters. The molecular weight excluding hydrogens is 250 g/mol. The highest BCUT2D eigenvalue weighted by Crippen LogP contribution is 2.36. The molecule has 1 heterocycles. The first-order valence-electron chi connectivity index (χ1n) is 6.19. The zero-order valence-electron chi connectivity index (χ0n) is 10.7. The maximum atomic E-state index is 12.3. The second kappa shape index (κ2) is 4.85. The number of pyridine rings is 1. The van der Waals surface area contributed by atoms with Gasteiger partial charge in [0, 0.05) is 24.5 Å². The Morgan fingerprint density at radius 2 is 2.17 bits per heavy atom. The van der Waals surface area contributed by atoms with Crippen molar-refractivity contribution in [2.24, 2.45) is 0 Å². The minimum Gasteiger partial charge on any atom is -0.384 e. The third kappa shape index (κ3) is 3.00. The standard InChI is InChI=1S/C12H19N3O2S/c1-3-7-14-10-4-8-13-9-11(10)18(16,17)15-12(2)5-6-12/h4,8-9,15H,3,5-7H2,1-2H3,(H,13,14). The Kier molecular flexibility index (Phi) is 3.59. The molecule has 0 radical (unpaired) electrons. The molecule has 0 aromatic carbocycles. The van der Waals surface area contributed by atoms with Gasteiger partial charge in [-0.2, -0.15) is 0 Å². The van der Waals surface area contributed by atoms with Crippen molar-refractivity contribution in [3.63, 3.8) is 0 Å². The maximum absolute atomic E-state index is 12.3. The molecule has 0 aliphatic heterocycles. The van der Waals surface area contributed by atoms with E-state index in [1.807, 2.05) is 13.8 Å². The summed E-state index contributed by atoms with van der Waals surface area (Å²) in [5.41, 5.74) is 0.347. The fraction of sp³-hybridized carbons (Fsp3) is 0.583. The smallest absolute Gasteiger partial charge is 0.244 e. The highest BCUT2D eigenvalue weighted by Gasteiger charge is 2.41. The normalized spacial score (nSPS) is 17.4. The summed E-state index contributed by atoms with van der Waals surface area (Å²) in [7, 11) is -3.49. The van der Waals surface area contributed by atoms with Crippen LogP contribution in [0.15, 0.2) is 23.4 Å². The number of nitrogens with one attached hydrogen (secondary N) is 2. The predicted molar refractivity (Wildman–Crippen MR) is 71.0 cm³/mol. The van der Waals surface area contributed by atoms with Crippen LogP contribution in [-0.2, 0) is 10.0 Å². The van der Waals surface area contributed by atoms with E-state index in [9.17, 15) is 8.42 Å². The van der Waals surface area contributed by atoms with E-state index in [2.05, 4.69) is 15.0 Å². The largest absolute Gasteiger partial charge is 0.384 e. The quantitative estimate of drug-likeness (QED) is 0.825.